The Labute approximate surface area is 165 Å². The number of ketones is 1. The first-order chi connectivity index (χ1) is 13.4. The summed E-state index contributed by atoms with van der Waals surface area (Å²) in [5.74, 6) is -0.430. The highest BCUT2D eigenvalue weighted by Crippen LogP contribution is 2.19. The van der Waals surface area contributed by atoms with Crippen molar-refractivity contribution in [3.63, 3.8) is 0 Å². The molecule has 28 heavy (non-hydrogen) atoms. The van der Waals surface area contributed by atoms with Crippen LogP contribution < -0.4 is 5.32 Å². The van der Waals surface area contributed by atoms with Crippen LogP contribution in [0.3, 0.4) is 0 Å². The Kier molecular flexibility index (Phi) is 5.73. The predicted molar refractivity (Wildman–Crippen MR) is 110 cm³/mol. The molecule has 0 radical (unpaired) electrons. The standard InChI is InChI=1S/C23H25N3O2/c1-5-26-14-21(17(4)25-26)16(3)24-23(28)20-9-7-6-8-19(20)22(27)18-12-10-15(2)11-13-18/h6-14,16H,5H2,1-4H3,(H,24,28). The molecule has 5 heteroatoms. The largest absolute Gasteiger partial charge is 0.345 e. The quantitative estimate of drug-likeness (QED) is 0.656. The molecular formula is C23H25N3O2. The van der Waals surface area contributed by atoms with Gasteiger partial charge in [0.05, 0.1) is 17.3 Å². The van der Waals surface area contributed by atoms with Crippen LogP contribution >= 0.6 is 0 Å². The van der Waals surface area contributed by atoms with Crippen molar-refractivity contribution in [3.8, 4) is 0 Å². The third kappa shape index (κ3) is 4.03. The van der Waals surface area contributed by atoms with Gasteiger partial charge in [0.25, 0.3) is 5.91 Å². The highest BCUT2D eigenvalue weighted by Gasteiger charge is 2.21. The highest BCUT2D eigenvalue weighted by molar-refractivity contribution is 6.15. The summed E-state index contributed by atoms with van der Waals surface area (Å²) in [6.07, 6.45) is 1.95. The van der Waals surface area contributed by atoms with E-state index in [2.05, 4.69) is 10.4 Å². The smallest absolute Gasteiger partial charge is 0.252 e. The zero-order valence-electron chi connectivity index (χ0n) is 16.7. The molecule has 0 bridgehead atoms. The van der Waals surface area contributed by atoms with E-state index in [0.29, 0.717) is 16.7 Å². The fourth-order valence-corrected chi connectivity index (χ4v) is 3.21. The van der Waals surface area contributed by atoms with Gasteiger partial charge in [0, 0.05) is 29.4 Å². The fourth-order valence-electron chi connectivity index (χ4n) is 3.21. The summed E-state index contributed by atoms with van der Waals surface area (Å²) < 4.78 is 1.85. The molecule has 0 aliphatic heterocycles. The molecule has 0 aliphatic rings. The first kappa shape index (κ1) is 19.5. The SMILES string of the molecule is CCn1cc(C(C)NC(=O)c2ccccc2C(=O)c2ccc(C)cc2)c(C)n1. The Hall–Kier alpha value is -3.21. The summed E-state index contributed by atoms with van der Waals surface area (Å²) in [5, 5.41) is 7.44. The second kappa shape index (κ2) is 8.21. The van der Waals surface area contributed by atoms with Crippen molar-refractivity contribution in [1.82, 2.24) is 15.1 Å². The van der Waals surface area contributed by atoms with E-state index in [1.54, 1.807) is 36.4 Å². The minimum absolute atomic E-state index is 0.159. The molecule has 1 amide bonds. The summed E-state index contributed by atoms with van der Waals surface area (Å²) >= 11 is 0. The normalized spacial score (nSPS) is 11.9. The van der Waals surface area contributed by atoms with E-state index in [1.807, 2.05) is 50.7 Å². The molecule has 1 aromatic heterocycles. The third-order valence-corrected chi connectivity index (χ3v) is 4.85. The van der Waals surface area contributed by atoms with Crippen molar-refractivity contribution in [3.05, 3.63) is 88.2 Å². The van der Waals surface area contributed by atoms with Gasteiger partial charge in [-0.3, -0.25) is 14.3 Å². The van der Waals surface area contributed by atoms with Gasteiger partial charge in [-0.05, 0) is 33.8 Å². The minimum Gasteiger partial charge on any atom is -0.345 e. The lowest BCUT2D eigenvalue weighted by atomic mass is 9.97. The first-order valence-corrected chi connectivity index (χ1v) is 9.46. The maximum Gasteiger partial charge on any atom is 0.252 e. The van der Waals surface area contributed by atoms with Gasteiger partial charge < -0.3 is 5.32 Å². The van der Waals surface area contributed by atoms with Gasteiger partial charge in [-0.1, -0.05) is 48.0 Å². The van der Waals surface area contributed by atoms with Crippen LogP contribution in [-0.2, 0) is 6.54 Å². The molecule has 3 aromatic rings. The molecule has 3 rings (SSSR count). The Morgan fingerprint density at radius 1 is 1.04 bits per heavy atom. The number of hydrogen-bond acceptors (Lipinski definition) is 3. The van der Waals surface area contributed by atoms with Crippen LogP contribution in [0.15, 0.2) is 54.7 Å². The van der Waals surface area contributed by atoms with Crippen LogP contribution in [0, 0.1) is 13.8 Å². The number of aromatic nitrogens is 2. The van der Waals surface area contributed by atoms with E-state index in [9.17, 15) is 9.59 Å². The molecule has 0 fully saturated rings. The molecule has 0 saturated carbocycles. The maximum absolute atomic E-state index is 12.9. The number of rotatable bonds is 6. The van der Waals surface area contributed by atoms with Crippen molar-refractivity contribution < 1.29 is 9.59 Å². The Balaban J connectivity index is 1.85. The summed E-state index contributed by atoms with van der Waals surface area (Å²) in [6, 6.07) is 14.1. The van der Waals surface area contributed by atoms with E-state index in [4.69, 9.17) is 0 Å². The van der Waals surface area contributed by atoms with Crippen LogP contribution in [0.4, 0.5) is 0 Å². The molecule has 5 nitrogen and oxygen atoms in total. The maximum atomic E-state index is 12.9. The monoisotopic (exact) mass is 375 g/mol. The molecule has 0 spiro atoms. The van der Waals surface area contributed by atoms with E-state index in [-0.39, 0.29) is 17.7 Å². The highest BCUT2D eigenvalue weighted by atomic mass is 16.2. The number of nitrogens with one attached hydrogen (secondary N) is 1. The van der Waals surface area contributed by atoms with Crippen molar-refractivity contribution in [2.24, 2.45) is 0 Å². The topological polar surface area (TPSA) is 64.0 Å². The predicted octanol–water partition coefficient (Wildman–Crippen LogP) is 4.24. The van der Waals surface area contributed by atoms with Gasteiger partial charge in [0.15, 0.2) is 5.78 Å². The Bertz CT molecular complexity index is 1000. The van der Waals surface area contributed by atoms with Crippen molar-refractivity contribution in [2.45, 2.75) is 40.3 Å². The lowest BCUT2D eigenvalue weighted by Crippen LogP contribution is -2.28. The van der Waals surface area contributed by atoms with Crippen molar-refractivity contribution in [2.75, 3.05) is 0 Å². The van der Waals surface area contributed by atoms with E-state index in [1.165, 1.54) is 0 Å². The minimum atomic E-state index is -0.271. The number of amides is 1. The first-order valence-electron chi connectivity index (χ1n) is 9.46. The van der Waals surface area contributed by atoms with Gasteiger partial charge >= 0.3 is 0 Å². The van der Waals surface area contributed by atoms with Crippen LogP contribution in [0.2, 0.25) is 0 Å². The Morgan fingerprint density at radius 2 is 1.68 bits per heavy atom. The third-order valence-electron chi connectivity index (χ3n) is 4.85. The number of nitrogens with zero attached hydrogens (tertiary/aromatic N) is 2. The Morgan fingerprint density at radius 3 is 2.29 bits per heavy atom. The molecule has 144 valence electrons. The zero-order valence-corrected chi connectivity index (χ0v) is 16.7. The van der Waals surface area contributed by atoms with Crippen molar-refractivity contribution in [1.29, 1.82) is 0 Å². The number of hydrogen-bond donors (Lipinski definition) is 1. The lowest BCUT2D eigenvalue weighted by Gasteiger charge is -2.15. The number of aryl methyl sites for hydroxylation is 3. The van der Waals surface area contributed by atoms with E-state index in [0.717, 1.165) is 23.4 Å². The van der Waals surface area contributed by atoms with E-state index >= 15 is 0 Å². The molecule has 1 atom stereocenters. The zero-order chi connectivity index (χ0) is 20.3. The summed E-state index contributed by atoms with van der Waals surface area (Å²) in [5.41, 5.74) is 4.28. The van der Waals surface area contributed by atoms with Gasteiger partial charge in [-0.2, -0.15) is 5.10 Å². The molecule has 1 unspecified atom stereocenters. The molecule has 2 aromatic carbocycles. The molecular weight excluding hydrogens is 350 g/mol. The number of carbonyl (C=O) groups is 2. The molecule has 1 N–H and O–H groups in total. The second-order valence-electron chi connectivity index (χ2n) is 6.96. The molecule has 1 heterocycles. The summed E-state index contributed by atoms with van der Waals surface area (Å²) in [6.45, 7) is 8.62. The van der Waals surface area contributed by atoms with Gasteiger partial charge in [0.1, 0.15) is 0 Å². The number of benzene rings is 2. The fraction of sp³-hybridized carbons (Fsp3) is 0.261. The lowest BCUT2D eigenvalue weighted by molar-refractivity contribution is 0.0929. The van der Waals surface area contributed by atoms with E-state index < -0.39 is 0 Å². The number of carbonyl (C=O) groups excluding carboxylic acids is 2. The van der Waals surface area contributed by atoms with Gasteiger partial charge in [-0.15, -0.1) is 0 Å². The second-order valence-corrected chi connectivity index (χ2v) is 6.96. The van der Waals surface area contributed by atoms with Crippen LogP contribution in [0.1, 0.15) is 63.0 Å². The van der Waals surface area contributed by atoms with Crippen LogP contribution in [0.5, 0.6) is 0 Å². The average Bonchev–Trinajstić information content (AvgIpc) is 3.09. The average molecular weight is 375 g/mol. The summed E-state index contributed by atoms with van der Waals surface area (Å²) in [7, 11) is 0. The van der Waals surface area contributed by atoms with Gasteiger partial charge in [-0.25, -0.2) is 0 Å². The summed E-state index contributed by atoms with van der Waals surface area (Å²) in [4.78, 5) is 25.9. The molecule has 0 aliphatic carbocycles. The van der Waals surface area contributed by atoms with Gasteiger partial charge in [0.2, 0.25) is 0 Å². The van der Waals surface area contributed by atoms with Crippen LogP contribution in [-0.4, -0.2) is 21.5 Å². The molecule has 0 saturated heterocycles. The van der Waals surface area contributed by atoms with Crippen molar-refractivity contribution >= 4 is 11.7 Å². The van der Waals surface area contributed by atoms with Crippen LogP contribution in [0.25, 0.3) is 0 Å².